The number of pyridine rings is 2. The van der Waals surface area contributed by atoms with Crippen LogP contribution in [0.1, 0.15) is 11.4 Å². The van der Waals surface area contributed by atoms with E-state index in [0.29, 0.717) is 13.1 Å². The summed E-state index contributed by atoms with van der Waals surface area (Å²) in [7, 11) is -4.19. The molecule has 8 heteroatoms. The molecule has 23 heavy (non-hydrogen) atoms. The Morgan fingerprint density at radius 2 is 1.30 bits per heavy atom. The van der Waals surface area contributed by atoms with Gasteiger partial charge < -0.3 is 0 Å². The molecule has 0 aliphatic rings. The van der Waals surface area contributed by atoms with Crippen LogP contribution >= 0.6 is 0 Å². The number of hydrogen-bond acceptors (Lipinski definition) is 5. The molecule has 2 aromatic heterocycles. The zero-order chi connectivity index (χ0) is 17.5. The van der Waals surface area contributed by atoms with Crippen LogP contribution in [-0.4, -0.2) is 19.8 Å². The molecule has 2 rings (SSSR count). The van der Waals surface area contributed by atoms with E-state index in [2.05, 4.69) is 0 Å². The molecular formula is C15H21ClN2O5+2. The van der Waals surface area contributed by atoms with E-state index in [1.54, 1.807) is 0 Å². The van der Waals surface area contributed by atoms with Crippen LogP contribution < -0.4 is 13.8 Å². The third kappa shape index (κ3) is 8.34. The van der Waals surface area contributed by atoms with Gasteiger partial charge in [-0.05, 0) is 0 Å². The Bertz CT molecular complexity index is 603. The summed E-state index contributed by atoms with van der Waals surface area (Å²) in [6.45, 7) is 4.87. The van der Waals surface area contributed by atoms with Crippen molar-refractivity contribution in [3.63, 3.8) is 0 Å². The van der Waals surface area contributed by atoms with Gasteiger partial charge in [0.15, 0.2) is 23.8 Å². The fourth-order valence-electron chi connectivity index (χ4n) is 1.91. The number of ketones is 1. The van der Waals surface area contributed by atoms with E-state index >= 15 is 0 Å². The minimum atomic E-state index is -4.19. The fourth-order valence-corrected chi connectivity index (χ4v) is 1.91. The second kappa shape index (κ2) is 8.66. The third-order valence-corrected chi connectivity index (χ3v) is 3.03. The summed E-state index contributed by atoms with van der Waals surface area (Å²) in [4.78, 5) is 12.0. The number of hydrogen-bond donors (Lipinski definition) is 3. The number of halogens is 1. The Kier molecular flexibility index (Phi) is 7.21. The molecule has 0 amide bonds. The maximum atomic E-state index is 12.0. The Balaban J connectivity index is 0.000000463. The number of carbonyl (C=O) groups excluding carboxylic acids is 1. The van der Waals surface area contributed by atoms with Crippen LogP contribution in [0, 0.1) is 24.1 Å². The summed E-state index contributed by atoms with van der Waals surface area (Å²) in [6.07, 6.45) is 3.88. The van der Waals surface area contributed by atoms with E-state index in [9.17, 15) is 4.79 Å². The third-order valence-electron chi connectivity index (χ3n) is 3.03. The van der Waals surface area contributed by atoms with Crippen LogP contribution in [0.25, 0.3) is 0 Å². The quantitative estimate of drug-likeness (QED) is 0.572. The van der Waals surface area contributed by atoms with Gasteiger partial charge in [0.1, 0.15) is 0 Å². The van der Waals surface area contributed by atoms with Crippen LogP contribution in [0.4, 0.5) is 0 Å². The molecule has 0 bridgehead atoms. The van der Waals surface area contributed by atoms with E-state index in [-0.39, 0.29) is 5.78 Å². The van der Waals surface area contributed by atoms with Crippen LogP contribution in [0.15, 0.2) is 48.8 Å². The van der Waals surface area contributed by atoms with Crippen molar-refractivity contribution in [1.82, 2.24) is 0 Å². The second-order valence-corrected chi connectivity index (χ2v) is 5.78. The van der Waals surface area contributed by atoms with Gasteiger partial charge in [0, 0.05) is 38.1 Å². The summed E-state index contributed by atoms with van der Waals surface area (Å²) >= 11 is 0. The summed E-state index contributed by atoms with van der Waals surface area (Å²) in [5.74, 6) is 0.202. The monoisotopic (exact) mass is 344 g/mol. The molecule has 7 nitrogen and oxygen atoms in total. The van der Waals surface area contributed by atoms with Gasteiger partial charge in [-0.2, -0.15) is 9.13 Å². The van der Waals surface area contributed by atoms with E-state index in [1.807, 2.05) is 71.8 Å². The molecule has 0 saturated heterocycles. The van der Waals surface area contributed by atoms with Crippen molar-refractivity contribution in [2.24, 2.45) is 0 Å². The first-order valence-electron chi connectivity index (χ1n) is 6.75. The molecule has 0 atom stereocenters. The molecule has 2 aromatic rings. The SMILES string of the molecule is Cc1cccc[n+]1CC(=O)C[n+]1ccccc1C.[O-][Cl+](O)(O)O. The first-order chi connectivity index (χ1) is 10.7. The van der Waals surface area contributed by atoms with Crippen LogP contribution in [0.5, 0.6) is 0 Å². The van der Waals surface area contributed by atoms with Crippen molar-refractivity contribution < 1.29 is 42.8 Å². The number of carbonyl (C=O) groups is 1. The maximum absolute atomic E-state index is 12.0. The van der Waals surface area contributed by atoms with Gasteiger partial charge in [0.25, 0.3) is 5.78 Å². The van der Waals surface area contributed by atoms with Crippen molar-refractivity contribution >= 4 is 5.78 Å². The zero-order valence-corrected chi connectivity index (χ0v) is 13.7. The van der Waals surface area contributed by atoms with Gasteiger partial charge in [-0.15, -0.1) is 0 Å². The summed E-state index contributed by atoms with van der Waals surface area (Å²) < 4.78 is 34.2. The summed E-state index contributed by atoms with van der Waals surface area (Å²) in [6, 6.07) is 11.9. The molecular weight excluding hydrogens is 324 g/mol. The second-order valence-electron chi connectivity index (χ2n) is 4.91. The molecule has 0 aliphatic heterocycles. The molecule has 126 valence electrons. The first-order valence-corrected chi connectivity index (χ1v) is 8.07. The predicted octanol–water partition coefficient (Wildman–Crippen LogP) is -1.71. The number of nitrogens with zero attached hydrogens (tertiary/aromatic N) is 2. The molecule has 0 spiro atoms. The van der Waals surface area contributed by atoms with E-state index in [0.717, 1.165) is 11.4 Å². The minimum absolute atomic E-state index is 0.202. The van der Waals surface area contributed by atoms with E-state index in [1.165, 1.54) is 0 Å². The van der Waals surface area contributed by atoms with Gasteiger partial charge in [-0.25, -0.2) is 0 Å². The van der Waals surface area contributed by atoms with Gasteiger partial charge in [0.2, 0.25) is 13.1 Å². The fraction of sp³-hybridized carbons (Fsp3) is 0.267. The van der Waals surface area contributed by atoms with Crippen LogP contribution in [0.2, 0.25) is 0 Å². The van der Waals surface area contributed by atoms with E-state index in [4.69, 9.17) is 18.6 Å². The van der Waals surface area contributed by atoms with Gasteiger partial charge >= 0.3 is 28.9 Å². The van der Waals surface area contributed by atoms with Crippen molar-refractivity contribution in [3.8, 4) is 0 Å². The Hall–Kier alpha value is -1.90. The van der Waals surface area contributed by atoms with Crippen LogP contribution in [0.3, 0.4) is 0 Å². The van der Waals surface area contributed by atoms with Gasteiger partial charge in [-0.1, -0.05) is 12.1 Å². The van der Waals surface area contributed by atoms with Crippen molar-refractivity contribution in [2.75, 3.05) is 0 Å². The van der Waals surface area contributed by atoms with Crippen molar-refractivity contribution in [2.45, 2.75) is 26.9 Å². The molecule has 2 heterocycles. The molecule has 0 aliphatic carbocycles. The molecule has 3 N–H and O–H groups in total. The molecule has 0 fully saturated rings. The summed E-state index contributed by atoms with van der Waals surface area (Å²) in [5, 5.41) is 0. The predicted molar refractivity (Wildman–Crippen MR) is 74.4 cm³/mol. The standard InChI is InChI=1S/C15H18N2O.ClH3O4/c1-13-7-3-5-9-16(13)11-15(18)12-17-10-6-4-8-14(17)2;2-1(3,4)5/h3-10H,11-12H2,1-2H3;2-4H/q+2;. The van der Waals surface area contributed by atoms with Crippen molar-refractivity contribution in [1.29, 1.82) is 0 Å². The average molecular weight is 345 g/mol. The van der Waals surface area contributed by atoms with Gasteiger partial charge in [0.05, 0.1) is 0 Å². The zero-order valence-electron chi connectivity index (χ0n) is 13.0. The number of rotatable bonds is 4. The molecule has 0 radical (unpaired) electrons. The van der Waals surface area contributed by atoms with Crippen LogP contribution in [-0.2, 0) is 17.9 Å². The number of aryl methyl sites for hydroxylation is 2. The van der Waals surface area contributed by atoms with Gasteiger partial charge in [-0.3, -0.25) is 4.79 Å². The molecule has 0 aromatic carbocycles. The summed E-state index contributed by atoms with van der Waals surface area (Å²) in [5.41, 5.74) is 2.20. The van der Waals surface area contributed by atoms with Crippen molar-refractivity contribution in [3.05, 3.63) is 60.2 Å². The van der Waals surface area contributed by atoms with E-state index < -0.39 is 10.2 Å². The Labute approximate surface area is 136 Å². The normalized spacial score (nSPS) is 11.4. The topological polar surface area (TPSA) is 109 Å². The first kappa shape index (κ1) is 19.1. The number of Topliss-reactive ketones (excluding diaryl/α,β-unsaturated/α-hetero) is 1. The average Bonchev–Trinajstić information content (AvgIpc) is 2.42. The Morgan fingerprint density at radius 1 is 0.957 bits per heavy atom. The molecule has 0 saturated carbocycles. The Morgan fingerprint density at radius 3 is 1.61 bits per heavy atom. The molecule has 0 unspecified atom stereocenters. The number of aromatic nitrogens is 2.